The Kier molecular flexibility index (Phi) is 4.06. The van der Waals surface area contributed by atoms with Crippen molar-refractivity contribution >= 4 is 22.6 Å². The van der Waals surface area contributed by atoms with Gasteiger partial charge < -0.3 is 9.64 Å². The van der Waals surface area contributed by atoms with Gasteiger partial charge in [-0.2, -0.15) is 5.10 Å². The van der Waals surface area contributed by atoms with Crippen molar-refractivity contribution in [3.05, 3.63) is 77.6 Å². The number of pyridine rings is 1. The lowest BCUT2D eigenvalue weighted by atomic mass is 10.1. The molecule has 2 aromatic heterocycles. The molecule has 0 unspecified atom stereocenters. The first-order valence-electron chi connectivity index (χ1n) is 10.7. The first-order valence-corrected chi connectivity index (χ1v) is 10.7. The number of amides is 1. The van der Waals surface area contributed by atoms with Crippen LogP contribution in [0.4, 0.5) is 5.69 Å². The van der Waals surface area contributed by atoms with Crippen LogP contribution < -0.4 is 9.64 Å². The molecule has 6 heteroatoms. The van der Waals surface area contributed by atoms with E-state index in [0.29, 0.717) is 24.6 Å². The van der Waals surface area contributed by atoms with Gasteiger partial charge in [0, 0.05) is 11.6 Å². The Hall–Kier alpha value is -3.67. The number of anilines is 1. The molecule has 0 spiro atoms. The molecule has 154 valence electrons. The third kappa shape index (κ3) is 2.98. The molecule has 31 heavy (non-hydrogen) atoms. The van der Waals surface area contributed by atoms with E-state index in [1.54, 1.807) is 0 Å². The second kappa shape index (κ2) is 6.94. The Labute approximate surface area is 180 Å². The molecule has 0 atom stereocenters. The number of hydrogen-bond acceptors (Lipinski definition) is 4. The van der Waals surface area contributed by atoms with E-state index in [-0.39, 0.29) is 5.91 Å². The number of rotatable bonds is 3. The number of benzene rings is 2. The molecule has 2 aliphatic rings. The zero-order chi connectivity index (χ0) is 20.9. The maximum Gasteiger partial charge on any atom is 0.259 e. The van der Waals surface area contributed by atoms with E-state index in [0.717, 1.165) is 52.4 Å². The molecule has 1 aliphatic heterocycles. The number of carbonyl (C=O) groups excluding carboxylic acids is 1. The molecule has 6 nitrogen and oxygen atoms in total. The molecule has 6 rings (SSSR count). The van der Waals surface area contributed by atoms with E-state index in [2.05, 4.69) is 0 Å². The van der Waals surface area contributed by atoms with Gasteiger partial charge >= 0.3 is 0 Å². The molecular weight excluding hydrogens is 388 g/mol. The van der Waals surface area contributed by atoms with E-state index in [1.807, 2.05) is 77.2 Å². The molecule has 1 amide bonds. The minimum absolute atomic E-state index is 0.0271. The van der Waals surface area contributed by atoms with Crippen molar-refractivity contribution in [3.63, 3.8) is 0 Å². The standard InChI is InChI=1S/C25H22N4O2/c1-16-23-19(25(30)28-13-14-31-22-10-6-5-9-21(22)28)15-20(17-11-12-17)26-24(23)29(27-16)18-7-3-2-4-8-18/h2-10,15,17H,11-14H2,1H3. The zero-order valence-corrected chi connectivity index (χ0v) is 17.3. The van der Waals surface area contributed by atoms with Crippen molar-refractivity contribution in [1.29, 1.82) is 0 Å². The molecule has 0 radical (unpaired) electrons. The van der Waals surface area contributed by atoms with Crippen molar-refractivity contribution in [1.82, 2.24) is 14.8 Å². The first-order chi connectivity index (χ1) is 15.2. The van der Waals surface area contributed by atoms with Gasteiger partial charge in [-0.1, -0.05) is 30.3 Å². The van der Waals surface area contributed by atoms with Gasteiger partial charge in [-0.25, -0.2) is 9.67 Å². The molecule has 1 aliphatic carbocycles. The largest absolute Gasteiger partial charge is 0.490 e. The number of carbonyl (C=O) groups is 1. The number of aromatic nitrogens is 3. The maximum absolute atomic E-state index is 13.9. The van der Waals surface area contributed by atoms with Gasteiger partial charge in [0.2, 0.25) is 0 Å². The van der Waals surface area contributed by atoms with Gasteiger partial charge in [-0.3, -0.25) is 4.79 Å². The van der Waals surface area contributed by atoms with Crippen LogP contribution >= 0.6 is 0 Å². The fraction of sp³-hybridized carbons (Fsp3) is 0.240. The van der Waals surface area contributed by atoms with Crippen LogP contribution in [0.5, 0.6) is 5.75 Å². The fourth-order valence-corrected chi connectivity index (χ4v) is 4.34. The van der Waals surface area contributed by atoms with Crippen LogP contribution in [0.15, 0.2) is 60.7 Å². The number of para-hydroxylation sites is 3. The fourth-order valence-electron chi connectivity index (χ4n) is 4.34. The summed E-state index contributed by atoms with van der Waals surface area (Å²) in [5.41, 5.74) is 4.95. The van der Waals surface area contributed by atoms with Crippen LogP contribution in [0.2, 0.25) is 0 Å². The number of fused-ring (bicyclic) bond motifs is 2. The van der Waals surface area contributed by atoms with E-state index >= 15 is 0 Å². The molecule has 0 saturated heterocycles. The van der Waals surface area contributed by atoms with Gasteiger partial charge in [-0.15, -0.1) is 0 Å². The summed E-state index contributed by atoms with van der Waals surface area (Å²) < 4.78 is 7.62. The zero-order valence-electron chi connectivity index (χ0n) is 17.3. The van der Waals surface area contributed by atoms with Crippen molar-refractivity contribution in [3.8, 4) is 11.4 Å². The van der Waals surface area contributed by atoms with Crippen LogP contribution in [-0.4, -0.2) is 33.8 Å². The Morgan fingerprint density at radius 3 is 2.65 bits per heavy atom. The highest BCUT2D eigenvalue weighted by atomic mass is 16.5. The van der Waals surface area contributed by atoms with Crippen LogP contribution in [0.1, 0.15) is 40.5 Å². The number of aryl methyl sites for hydroxylation is 1. The number of hydrogen-bond donors (Lipinski definition) is 0. The molecule has 0 bridgehead atoms. The third-order valence-corrected chi connectivity index (χ3v) is 6.03. The van der Waals surface area contributed by atoms with Crippen LogP contribution in [0.3, 0.4) is 0 Å². The lowest BCUT2D eigenvalue weighted by Crippen LogP contribution is -2.38. The molecule has 1 fully saturated rings. The van der Waals surface area contributed by atoms with Crippen LogP contribution in [0, 0.1) is 6.92 Å². The smallest absolute Gasteiger partial charge is 0.259 e. The maximum atomic E-state index is 13.9. The van der Waals surface area contributed by atoms with Gasteiger partial charge in [0.15, 0.2) is 5.65 Å². The topological polar surface area (TPSA) is 60.2 Å². The monoisotopic (exact) mass is 410 g/mol. The van der Waals surface area contributed by atoms with Crippen molar-refractivity contribution in [2.24, 2.45) is 0 Å². The van der Waals surface area contributed by atoms with E-state index in [1.165, 1.54) is 0 Å². The quantitative estimate of drug-likeness (QED) is 0.493. The van der Waals surface area contributed by atoms with Gasteiger partial charge in [0.25, 0.3) is 5.91 Å². The van der Waals surface area contributed by atoms with Crippen LogP contribution in [0.25, 0.3) is 16.7 Å². The summed E-state index contributed by atoms with van der Waals surface area (Å²) in [6.45, 7) is 2.95. The second-order valence-corrected chi connectivity index (χ2v) is 8.17. The summed E-state index contributed by atoms with van der Waals surface area (Å²) in [4.78, 5) is 20.7. The molecule has 4 aromatic rings. The average molecular weight is 410 g/mol. The predicted octanol–water partition coefficient (Wildman–Crippen LogP) is 4.65. The third-order valence-electron chi connectivity index (χ3n) is 6.03. The summed E-state index contributed by atoms with van der Waals surface area (Å²) in [6.07, 6.45) is 2.23. The predicted molar refractivity (Wildman–Crippen MR) is 119 cm³/mol. The summed E-state index contributed by atoms with van der Waals surface area (Å²) in [6, 6.07) is 19.7. The highest BCUT2D eigenvalue weighted by molar-refractivity contribution is 6.14. The number of ether oxygens (including phenoxy) is 1. The Morgan fingerprint density at radius 2 is 1.84 bits per heavy atom. The minimum atomic E-state index is -0.0271. The average Bonchev–Trinajstić information content (AvgIpc) is 3.62. The molecule has 3 heterocycles. The number of nitrogens with zero attached hydrogens (tertiary/aromatic N) is 4. The van der Waals surface area contributed by atoms with Gasteiger partial charge in [0.1, 0.15) is 12.4 Å². The minimum Gasteiger partial charge on any atom is -0.490 e. The molecule has 2 aromatic carbocycles. The Balaban J connectivity index is 1.55. The van der Waals surface area contributed by atoms with Crippen molar-refractivity contribution in [2.45, 2.75) is 25.7 Å². The molecule has 0 N–H and O–H groups in total. The summed E-state index contributed by atoms with van der Waals surface area (Å²) >= 11 is 0. The van der Waals surface area contributed by atoms with Gasteiger partial charge in [-0.05, 0) is 50.1 Å². The normalized spacial score (nSPS) is 15.6. The lowest BCUT2D eigenvalue weighted by Gasteiger charge is -2.29. The van der Waals surface area contributed by atoms with Gasteiger partial charge in [0.05, 0.1) is 34.6 Å². The summed E-state index contributed by atoms with van der Waals surface area (Å²) in [5.74, 6) is 1.14. The molecular formula is C25H22N4O2. The van der Waals surface area contributed by atoms with Crippen molar-refractivity contribution in [2.75, 3.05) is 18.1 Å². The second-order valence-electron chi connectivity index (χ2n) is 8.17. The Bertz CT molecular complexity index is 1310. The molecule has 1 saturated carbocycles. The summed E-state index contributed by atoms with van der Waals surface area (Å²) in [7, 11) is 0. The highest BCUT2D eigenvalue weighted by Gasteiger charge is 2.32. The first kappa shape index (κ1) is 18.1. The SMILES string of the molecule is Cc1nn(-c2ccccc2)c2nc(C3CC3)cc(C(=O)N3CCOc4ccccc43)c12. The summed E-state index contributed by atoms with van der Waals surface area (Å²) in [5, 5.41) is 5.59. The van der Waals surface area contributed by atoms with Crippen LogP contribution in [-0.2, 0) is 0 Å². The van der Waals surface area contributed by atoms with E-state index in [9.17, 15) is 4.79 Å². The van der Waals surface area contributed by atoms with E-state index < -0.39 is 0 Å². The van der Waals surface area contributed by atoms with E-state index in [4.69, 9.17) is 14.8 Å². The lowest BCUT2D eigenvalue weighted by molar-refractivity contribution is 0.0978. The Morgan fingerprint density at radius 1 is 1.06 bits per heavy atom. The highest BCUT2D eigenvalue weighted by Crippen LogP contribution is 2.41. The van der Waals surface area contributed by atoms with Crippen molar-refractivity contribution < 1.29 is 9.53 Å².